The summed E-state index contributed by atoms with van der Waals surface area (Å²) >= 11 is 1.65. The summed E-state index contributed by atoms with van der Waals surface area (Å²) in [7, 11) is 0. The molecule has 1 amide bonds. The second-order valence-corrected chi connectivity index (χ2v) is 7.99. The highest BCUT2D eigenvalue weighted by Gasteiger charge is 2.20. The van der Waals surface area contributed by atoms with Crippen LogP contribution >= 0.6 is 11.3 Å². The van der Waals surface area contributed by atoms with Gasteiger partial charge in [-0.3, -0.25) is 9.78 Å². The van der Waals surface area contributed by atoms with E-state index in [-0.39, 0.29) is 5.91 Å². The molecule has 30 heavy (non-hydrogen) atoms. The number of thiophene rings is 1. The molecule has 1 N–H and O–H groups in total. The Balaban J connectivity index is 1.66. The van der Waals surface area contributed by atoms with Crippen molar-refractivity contribution in [3.05, 3.63) is 109 Å². The first-order valence-corrected chi connectivity index (χ1v) is 10.5. The molecule has 0 atom stereocenters. The highest BCUT2D eigenvalue weighted by Crippen LogP contribution is 2.40. The number of nitrogens with one attached hydrogen (secondary N) is 1. The van der Waals surface area contributed by atoms with E-state index in [1.165, 1.54) is 0 Å². The van der Waals surface area contributed by atoms with E-state index in [9.17, 15) is 4.79 Å². The standard InChI is InChI=1S/C26H18N2OS/c29-26(28-21-13-15-27-16-14-21)24-22-12-11-20(18-7-3-1-4-8-18)17-23(22)30-25(24)19-9-5-2-6-10-19/h1-17H,(H,27,28,29). The summed E-state index contributed by atoms with van der Waals surface area (Å²) in [6, 6.07) is 30.3. The number of nitrogens with zero attached hydrogens (tertiary/aromatic N) is 1. The average molecular weight is 407 g/mol. The molecule has 0 aliphatic rings. The van der Waals surface area contributed by atoms with Crippen molar-refractivity contribution in [3.8, 4) is 21.6 Å². The summed E-state index contributed by atoms with van der Waals surface area (Å²) < 4.78 is 1.09. The minimum atomic E-state index is -0.112. The number of hydrogen-bond acceptors (Lipinski definition) is 3. The van der Waals surface area contributed by atoms with Crippen molar-refractivity contribution in [1.82, 2.24) is 4.98 Å². The Labute approximate surface area is 178 Å². The Kier molecular flexibility index (Phi) is 4.83. The van der Waals surface area contributed by atoms with E-state index in [1.807, 2.05) is 48.5 Å². The Morgan fingerprint density at radius 3 is 2.10 bits per heavy atom. The number of amides is 1. The molecule has 5 aromatic rings. The van der Waals surface area contributed by atoms with Gasteiger partial charge in [0.25, 0.3) is 5.91 Å². The van der Waals surface area contributed by atoms with Gasteiger partial charge in [0.1, 0.15) is 0 Å². The summed E-state index contributed by atoms with van der Waals surface area (Å²) in [6.07, 6.45) is 3.34. The molecule has 0 bridgehead atoms. The lowest BCUT2D eigenvalue weighted by molar-refractivity contribution is 0.102. The summed E-state index contributed by atoms with van der Waals surface area (Å²) in [5, 5.41) is 3.98. The van der Waals surface area contributed by atoms with Crippen molar-refractivity contribution in [1.29, 1.82) is 0 Å². The fraction of sp³-hybridized carbons (Fsp3) is 0. The molecule has 3 nitrogen and oxygen atoms in total. The zero-order chi connectivity index (χ0) is 20.3. The lowest BCUT2D eigenvalue weighted by atomic mass is 10.0. The maximum Gasteiger partial charge on any atom is 0.257 e. The molecule has 4 heteroatoms. The molecule has 2 heterocycles. The van der Waals surface area contributed by atoms with Gasteiger partial charge in [0.05, 0.1) is 5.56 Å². The highest BCUT2D eigenvalue weighted by atomic mass is 32.1. The van der Waals surface area contributed by atoms with Gasteiger partial charge in [-0.2, -0.15) is 0 Å². The maximum atomic E-state index is 13.3. The van der Waals surface area contributed by atoms with E-state index in [2.05, 4.69) is 40.6 Å². The minimum Gasteiger partial charge on any atom is -0.322 e. The zero-order valence-corrected chi connectivity index (χ0v) is 16.9. The van der Waals surface area contributed by atoms with Crippen LogP contribution in [-0.2, 0) is 0 Å². The highest BCUT2D eigenvalue weighted by molar-refractivity contribution is 7.22. The molecule has 144 valence electrons. The second kappa shape index (κ2) is 7.93. The minimum absolute atomic E-state index is 0.112. The van der Waals surface area contributed by atoms with E-state index in [4.69, 9.17) is 0 Å². The first-order valence-electron chi connectivity index (χ1n) is 9.68. The molecule has 5 rings (SSSR count). The second-order valence-electron chi connectivity index (χ2n) is 6.94. The molecule has 0 saturated heterocycles. The predicted octanol–water partition coefficient (Wildman–Crippen LogP) is 6.88. The van der Waals surface area contributed by atoms with Crippen LogP contribution < -0.4 is 5.32 Å². The SMILES string of the molecule is O=C(Nc1ccncc1)c1c(-c2ccccc2)sc2cc(-c3ccccc3)ccc12. The van der Waals surface area contributed by atoms with Gasteiger partial charge in [-0.1, -0.05) is 72.8 Å². The molecule has 0 aliphatic carbocycles. The molecule has 0 radical (unpaired) electrons. The van der Waals surface area contributed by atoms with Crippen LogP contribution in [0.4, 0.5) is 5.69 Å². The Bertz CT molecular complexity index is 1310. The lowest BCUT2D eigenvalue weighted by Gasteiger charge is -2.07. The molecule has 0 aliphatic heterocycles. The molecule has 0 unspecified atom stereocenters. The number of carbonyl (C=O) groups excluding carboxylic acids is 1. The van der Waals surface area contributed by atoms with Crippen LogP contribution in [0.3, 0.4) is 0 Å². The first-order chi connectivity index (χ1) is 14.8. The molecule has 0 fully saturated rings. The third-order valence-corrected chi connectivity index (χ3v) is 6.20. The number of pyridine rings is 1. The summed E-state index contributed by atoms with van der Waals surface area (Å²) in [5.41, 5.74) is 4.79. The van der Waals surface area contributed by atoms with Crippen LogP contribution in [0.5, 0.6) is 0 Å². The number of carbonyl (C=O) groups is 1. The summed E-state index contributed by atoms with van der Waals surface area (Å²) in [4.78, 5) is 18.3. The maximum absolute atomic E-state index is 13.3. The fourth-order valence-corrected chi connectivity index (χ4v) is 4.80. The van der Waals surface area contributed by atoms with Gasteiger partial charge in [0, 0.05) is 33.0 Å². The van der Waals surface area contributed by atoms with Gasteiger partial charge in [-0.25, -0.2) is 0 Å². The van der Waals surface area contributed by atoms with E-state index < -0.39 is 0 Å². The van der Waals surface area contributed by atoms with Crippen molar-refractivity contribution < 1.29 is 4.79 Å². The Morgan fingerprint density at radius 2 is 1.40 bits per heavy atom. The van der Waals surface area contributed by atoms with Gasteiger partial charge in [0.2, 0.25) is 0 Å². The molecular weight excluding hydrogens is 388 g/mol. The number of rotatable bonds is 4. The number of benzene rings is 3. The summed E-state index contributed by atoms with van der Waals surface area (Å²) in [6.45, 7) is 0. The van der Waals surface area contributed by atoms with E-state index in [0.29, 0.717) is 5.56 Å². The van der Waals surface area contributed by atoms with Crippen LogP contribution in [0.25, 0.3) is 31.7 Å². The number of hydrogen-bond donors (Lipinski definition) is 1. The largest absolute Gasteiger partial charge is 0.322 e. The number of aromatic nitrogens is 1. The Morgan fingerprint density at radius 1 is 0.733 bits per heavy atom. The monoisotopic (exact) mass is 406 g/mol. The van der Waals surface area contributed by atoms with Crippen molar-refractivity contribution in [2.75, 3.05) is 5.32 Å². The average Bonchev–Trinajstić information content (AvgIpc) is 3.20. The van der Waals surface area contributed by atoms with Crippen molar-refractivity contribution in [3.63, 3.8) is 0 Å². The summed E-state index contributed by atoms with van der Waals surface area (Å²) in [5.74, 6) is -0.112. The van der Waals surface area contributed by atoms with Crippen LogP contribution in [0.1, 0.15) is 10.4 Å². The van der Waals surface area contributed by atoms with Crippen LogP contribution in [0, 0.1) is 0 Å². The van der Waals surface area contributed by atoms with Gasteiger partial charge in [-0.05, 0) is 34.9 Å². The van der Waals surface area contributed by atoms with Crippen molar-refractivity contribution in [2.45, 2.75) is 0 Å². The molecule has 2 aromatic heterocycles. The van der Waals surface area contributed by atoms with Crippen LogP contribution in [0.15, 0.2) is 103 Å². The van der Waals surface area contributed by atoms with Crippen molar-refractivity contribution >= 4 is 33.0 Å². The van der Waals surface area contributed by atoms with Crippen molar-refractivity contribution in [2.24, 2.45) is 0 Å². The number of fused-ring (bicyclic) bond motifs is 1. The van der Waals surface area contributed by atoms with E-state index in [0.717, 1.165) is 37.3 Å². The molecule has 0 saturated carbocycles. The topological polar surface area (TPSA) is 42.0 Å². The Hall–Kier alpha value is -3.76. The quantitative estimate of drug-likeness (QED) is 0.353. The molecule has 0 spiro atoms. The van der Waals surface area contributed by atoms with Gasteiger partial charge < -0.3 is 5.32 Å². The molecular formula is C26H18N2OS. The third kappa shape index (κ3) is 3.49. The third-order valence-electron chi connectivity index (χ3n) is 5.00. The fourth-order valence-electron chi connectivity index (χ4n) is 3.55. The smallest absolute Gasteiger partial charge is 0.257 e. The van der Waals surface area contributed by atoms with Gasteiger partial charge >= 0.3 is 0 Å². The predicted molar refractivity (Wildman–Crippen MR) is 125 cm³/mol. The zero-order valence-electron chi connectivity index (χ0n) is 16.1. The normalized spacial score (nSPS) is 10.8. The first kappa shape index (κ1) is 18.3. The van der Waals surface area contributed by atoms with Crippen LogP contribution in [0.2, 0.25) is 0 Å². The number of anilines is 1. The van der Waals surface area contributed by atoms with E-state index in [1.54, 1.807) is 35.9 Å². The van der Waals surface area contributed by atoms with Gasteiger partial charge in [-0.15, -0.1) is 11.3 Å². The lowest BCUT2D eigenvalue weighted by Crippen LogP contribution is -2.12. The van der Waals surface area contributed by atoms with Crippen LogP contribution in [-0.4, -0.2) is 10.9 Å². The molecule has 3 aromatic carbocycles. The van der Waals surface area contributed by atoms with E-state index >= 15 is 0 Å². The van der Waals surface area contributed by atoms with Gasteiger partial charge in [0.15, 0.2) is 0 Å².